The molecule has 2 heterocycles. The Bertz CT molecular complexity index is 467. The molecule has 2 unspecified atom stereocenters. The number of nitrogens with zero attached hydrogens (tertiary/aromatic N) is 2. The minimum Gasteiger partial charge on any atom is -0.481 e. The molecule has 1 amide bonds. The molecule has 2 rings (SSSR count). The summed E-state index contributed by atoms with van der Waals surface area (Å²) in [6, 6.07) is 0. The number of morpholine rings is 1. The topological polar surface area (TPSA) is 70.1 Å². The maximum atomic E-state index is 12.9. The van der Waals surface area contributed by atoms with Gasteiger partial charge in [-0.2, -0.15) is 13.2 Å². The summed E-state index contributed by atoms with van der Waals surface area (Å²) < 4.78 is 44.3. The zero-order chi connectivity index (χ0) is 17.4. The molecule has 140 valence electrons. The molecule has 0 spiro atoms. The van der Waals surface area contributed by atoms with Gasteiger partial charge in [0.15, 0.2) is 0 Å². The second-order valence-electron chi connectivity index (χ2n) is 6.34. The van der Waals surface area contributed by atoms with Crippen molar-refractivity contribution in [3.05, 3.63) is 0 Å². The zero-order valence-corrected chi connectivity index (χ0v) is 14.3. The highest BCUT2D eigenvalue weighted by molar-refractivity contribution is 5.85. The molecule has 2 saturated heterocycles. The van der Waals surface area contributed by atoms with Gasteiger partial charge in [-0.1, -0.05) is 0 Å². The maximum Gasteiger partial charge on any atom is 0.393 e. The van der Waals surface area contributed by atoms with Crippen LogP contribution in [0.15, 0.2) is 0 Å². The van der Waals surface area contributed by atoms with Crippen LogP contribution in [0.1, 0.15) is 13.8 Å². The largest absolute Gasteiger partial charge is 0.481 e. The Labute approximate surface area is 144 Å². The Kier molecular flexibility index (Phi) is 6.89. The second kappa shape index (κ2) is 7.88. The third-order valence-electron chi connectivity index (χ3n) is 4.26. The van der Waals surface area contributed by atoms with Crippen LogP contribution in [0.5, 0.6) is 0 Å². The third kappa shape index (κ3) is 4.97. The van der Waals surface area contributed by atoms with E-state index in [4.69, 9.17) is 9.84 Å². The molecule has 0 aromatic carbocycles. The number of hydrogen-bond donors (Lipinski definition) is 1. The molecular formula is C14H22ClF3N2O4. The van der Waals surface area contributed by atoms with Crippen molar-refractivity contribution in [2.45, 2.75) is 32.2 Å². The molecule has 24 heavy (non-hydrogen) atoms. The Hall–Kier alpha value is -1.06. The number of alkyl halides is 3. The van der Waals surface area contributed by atoms with Gasteiger partial charge in [-0.15, -0.1) is 12.4 Å². The van der Waals surface area contributed by atoms with E-state index in [0.29, 0.717) is 13.1 Å². The number of rotatable bonds is 3. The van der Waals surface area contributed by atoms with E-state index >= 15 is 0 Å². The molecule has 2 aliphatic heterocycles. The fourth-order valence-corrected chi connectivity index (χ4v) is 3.27. The summed E-state index contributed by atoms with van der Waals surface area (Å²) in [4.78, 5) is 26.2. The maximum absolute atomic E-state index is 12.9. The van der Waals surface area contributed by atoms with Crippen LogP contribution in [0, 0.1) is 11.8 Å². The summed E-state index contributed by atoms with van der Waals surface area (Å²) in [6.45, 7) is 3.51. The fraction of sp³-hybridized carbons (Fsp3) is 0.857. The lowest BCUT2D eigenvalue weighted by molar-refractivity contribution is -0.188. The van der Waals surface area contributed by atoms with Gasteiger partial charge in [-0.3, -0.25) is 14.5 Å². The number of aliphatic carboxylic acids is 1. The predicted octanol–water partition coefficient (Wildman–Crippen LogP) is 1.24. The average Bonchev–Trinajstić information content (AvgIpc) is 2.81. The first kappa shape index (κ1) is 21.0. The van der Waals surface area contributed by atoms with E-state index in [1.807, 2.05) is 13.8 Å². The molecule has 0 bridgehead atoms. The van der Waals surface area contributed by atoms with Gasteiger partial charge in [0.05, 0.1) is 30.6 Å². The van der Waals surface area contributed by atoms with Crippen molar-refractivity contribution in [2.24, 2.45) is 11.8 Å². The van der Waals surface area contributed by atoms with Crippen molar-refractivity contribution >= 4 is 24.3 Å². The highest BCUT2D eigenvalue weighted by Gasteiger charge is 2.52. The van der Waals surface area contributed by atoms with Crippen molar-refractivity contribution in [1.29, 1.82) is 0 Å². The number of carbonyl (C=O) groups excluding carboxylic acids is 1. The number of ether oxygens (including phenoxy) is 1. The summed E-state index contributed by atoms with van der Waals surface area (Å²) in [6.07, 6.45) is -4.84. The van der Waals surface area contributed by atoms with E-state index in [1.165, 1.54) is 4.90 Å². The SMILES string of the molecule is CC1CN(C(=O)CN2C[C@@H](C(F)(F)F)[C@H](C(=O)O)C2)CC(C)O1.Cl. The molecule has 6 nitrogen and oxygen atoms in total. The zero-order valence-electron chi connectivity index (χ0n) is 13.5. The minimum atomic E-state index is -4.58. The summed E-state index contributed by atoms with van der Waals surface area (Å²) in [5.41, 5.74) is 0. The van der Waals surface area contributed by atoms with E-state index in [0.717, 1.165) is 0 Å². The second-order valence-corrected chi connectivity index (χ2v) is 6.34. The molecule has 1 N–H and O–H groups in total. The van der Waals surface area contributed by atoms with Crippen LogP contribution >= 0.6 is 12.4 Å². The molecule has 0 radical (unpaired) electrons. The van der Waals surface area contributed by atoms with E-state index in [1.54, 1.807) is 4.90 Å². The molecule has 10 heteroatoms. The van der Waals surface area contributed by atoms with Crippen molar-refractivity contribution < 1.29 is 32.6 Å². The van der Waals surface area contributed by atoms with Gasteiger partial charge in [-0.25, -0.2) is 0 Å². The van der Waals surface area contributed by atoms with Gasteiger partial charge in [0.2, 0.25) is 5.91 Å². The Morgan fingerprint density at radius 3 is 2.08 bits per heavy atom. The number of carbonyl (C=O) groups is 2. The first-order chi connectivity index (χ1) is 10.6. The predicted molar refractivity (Wildman–Crippen MR) is 80.9 cm³/mol. The van der Waals surface area contributed by atoms with E-state index < -0.39 is 30.5 Å². The number of carboxylic acids is 1. The average molecular weight is 375 g/mol. The molecule has 0 aromatic heterocycles. The first-order valence-corrected chi connectivity index (χ1v) is 7.53. The molecule has 2 aliphatic rings. The summed E-state index contributed by atoms with van der Waals surface area (Å²) in [5.74, 6) is -5.23. The van der Waals surface area contributed by atoms with E-state index in [9.17, 15) is 22.8 Å². The highest BCUT2D eigenvalue weighted by Crippen LogP contribution is 2.37. The van der Waals surface area contributed by atoms with Gasteiger partial charge in [0, 0.05) is 26.2 Å². The van der Waals surface area contributed by atoms with Crippen LogP contribution in [-0.4, -0.2) is 77.9 Å². The number of likely N-dealkylation sites (tertiary alicyclic amines) is 1. The lowest BCUT2D eigenvalue weighted by Crippen LogP contribution is -2.51. The summed E-state index contributed by atoms with van der Waals surface area (Å²) in [7, 11) is 0. The van der Waals surface area contributed by atoms with Crippen LogP contribution in [0.4, 0.5) is 13.2 Å². The molecule has 0 saturated carbocycles. The van der Waals surface area contributed by atoms with Crippen molar-refractivity contribution in [3.8, 4) is 0 Å². The Morgan fingerprint density at radius 1 is 1.12 bits per heavy atom. The molecule has 0 aromatic rings. The number of hydrogen-bond acceptors (Lipinski definition) is 4. The van der Waals surface area contributed by atoms with Crippen LogP contribution < -0.4 is 0 Å². The molecule has 0 aliphatic carbocycles. The standard InChI is InChI=1S/C14H21F3N2O4.ClH/c1-8-3-19(4-9(2)23-8)12(20)7-18-5-10(13(21)22)11(6-18)14(15,16)17;/h8-11H,3-7H2,1-2H3,(H,21,22);1H/t8?,9?,10-,11-;/m1./s1. The van der Waals surface area contributed by atoms with Crippen LogP contribution in [0.2, 0.25) is 0 Å². The Balaban J connectivity index is 0.00000288. The number of carboxylic acid groups (broad SMARTS) is 1. The van der Waals surface area contributed by atoms with Crippen molar-refractivity contribution in [2.75, 3.05) is 32.7 Å². The quantitative estimate of drug-likeness (QED) is 0.805. The van der Waals surface area contributed by atoms with E-state index in [-0.39, 0.29) is 43.6 Å². The van der Waals surface area contributed by atoms with Crippen LogP contribution in [-0.2, 0) is 14.3 Å². The third-order valence-corrected chi connectivity index (χ3v) is 4.26. The lowest BCUT2D eigenvalue weighted by atomic mass is 9.96. The lowest BCUT2D eigenvalue weighted by Gasteiger charge is -2.36. The monoisotopic (exact) mass is 374 g/mol. The summed E-state index contributed by atoms with van der Waals surface area (Å²) in [5, 5.41) is 8.98. The highest BCUT2D eigenvalue weighted by atomic mass is 35.5. The van der Waals surface area contributed by atoms with Gasteiger partial charge >= 0.3 is 12.1 Å². The normalized spacial score (nSPS) is 31.6. The van der Waals surface area contributed by atoms with Gasteiger partial charge in [0.1, 0.15) is 0 Å². The Morgan fingerprint density at radius 2 is 1.67 bits per heavy atom. The van der Waals surface area contributed by atoms with Gasteiger partial charge in [0.25, 0.3) is 0 Å². The van der Waals surface area contributed by atoms with Crippen LogP contribution in [0.3, 0.4) is 0 Å². The molecule has 2 fully saturated rings. The van der Waals surface area contributed by atoms with Gasteiger partial charge < -0.3 is 14.7 Å². The molecular weight excluding hydrogens is 353 g/mol. The van der Waals surface area contributed by atoms with E-state index in [2.05, 4.69) is 0 Å². The van der Waals surface area contributed by atoms with Crippen LogP contribution in [0.25, 0.3) is 0 Å². The van der Waals surface area contributed by atoms with Gasteiger partial charge in [-0.05, 0) is 13.8 Å². The van der Waals surface area contributed by atoms with Crippen molar-refractivity contribution in [1.82, 2.24) is 9.80 Å². The first-order valence-electron chi connectivity index (χ1n) is 7.53. The molecule has 4 atom stereocenters. The smallest absolute Gasteiger partial charge is 0.393 e. The van der Waals surface area contributed by atoms with Crippen molar-refractivity contribution in [3.63, 3.8) is 0 Å². The fourth-order valence-electron chi connectivity index (χ4n) is 3.27. The minimum absolute atomic E-state index is 0. The number of halogens is 4. The summed E-state index contributed by atoms with van der Waals surface area (Å²) >= 11 is 0. The number of amides is 1.